The van der Waals surface area contributed by atoms with Crippen molar-refractivity contribution in [2.45, 2.75) is 19.4 Å². The lowest BCUT2D eigenvalue weighted by Gasteiger charge is -2.36. The van der Waals surface area contributed by atoms with Crippen molar-refractivity contribution in [2.75, 3.05) is 37.6 Å². The Bertz CT molecular complexity index is 835. The van der Waals surface area contributed by atoms with Gasteiger partial charge in [0.2, 0.25) is 0 Å². The molecule has 2 aromatic rings. The lowest BCUT2D eigenvalue weighted by atomic mass is 10.0. The van der Waals surface area contributed by atoms with E-state index in [1.807, 2.05) is 41.3 Å². The van der Waals surface area contributed by atoms with Crippen LogP contribution < -0.4 is 10.2 Å². The molecule has 1 amide bonds. The number of benzene rings is 1. The first-order valence-corrected chi connectivity index (χ1v) is 9.98. The normalized spacial score (nSPS) is 21.3. The van der Waals surface area contributed by atoms with Crippen LogP contribution in [0, 0.1) is 5.92 Å². The molecule has 0 spiro atoms. The first-order valence-electron chi connectivity index (χ1n) is 9.60. The number of hydrogen-bond acceptors (Lipinski definition) is 4. The Morgan fingerprint density at radius 3 is 2.76 bits per heavy atom. The summed E-state index contributed by atoms with van der Waals surface area (Å²) >= 11 is 6.18. The van der Waals surface area contributed by atoms with Gasteiger partial charge < -0.3 is 15.1 Å². The van der Waals surface area contributed by atoms with Crippen molar-refractivity contribution < 1.29 is 4.79 Å². The minimum absolute atomic E-state index is 0. The van der Waals surface area contributed by atoms with Gasteiger partial charge in [0.1, 0.15) is 5.82 Å². The molecule has 2 unspecified atom stereocenters. The van der Waals surface area contributed by atoms with Crippen LogP contribution in [0.5, 0.6) is 0 Å². The van der Waals surface area contributed by atoms with Crippen LogP contribution >= 0.6 is 36.4 Å². The number of amides is 1. The number of nitrogens with zero attached hydrogens (tertiary/aromatic N) is 3. The summed E-state index contributed by atoms with van der Waals surface area (Å²) in [6.45, 7) is 6.46. The van der Waals surface area contributed by atoms with E-state index in [0.29, 0.717) is 23.0 Å². The number of hydrogen-bond donors (Lipinski definition) is 1. The maximum Gasteiger partial charge on any atom is 0.254 e. The first kappa shape index (κ1) is 23.7. The van der Waals surface area contributed by atoms with Crippen molar-refractivity contribution >= 4 is 48.1 Å². The standard InChI is InChI=1S/C21H25ClN4O.2ClH/c1-15-6-9-25(14-15)20-12-17(5-7-24-20)21(27)26-10-8-23-13-19(26)16-3-2-4-18(22)11-16;;/h2-5,7,11-12,15,19,23H,6,8-10,13-14H2,1H3;2*1H. The van der Waals surface area contributed by atoms with Crippen molar-refractivity contribution in [3.63, 3.8) is 0 Å². The molecule has 0 aliphatic carbocycles. The number of rotatable bonds is 3. The minimum Gasteiger partial charge on any atom is -0.356 e. The van der Waals surface area contributed by atoms with Gasteiger partial charge in [0, 0.05) is 49.5 Å². The molecule has 2 saturated heterocycles. The van der Waals surface area contributed by atoms with Crippen molar-refractivity contribution in [3.05, 3.63) is 58.7 Å². The van der Waals surface area contributed by atoms with Gasteiger partial charge in [0.15, 0.2) is 0 Å². The molecule has 2 atom stereocenters. The number of carbonyl (C=O) groups is 1. The average molecular weight is 458 g/mol. The third kappa shape index (κ3) is 5.34. The number of anilines is 1. The molecule has 2 aliphatic heterocycles. The predicted octanol–water partition coefficient (Wildman–Crippen LogP) is 4.21. The molecular formula is C21H27Cl3N4O. The Hall–Kier alpha value is -1.53. The molecule has 2 aliphatic rings. The van der Waals surface area contributed by atoms with E-state index in [9.17, 15) is 4.79 Å². The summed E-state index contributed by atoms with van der Waals surface area (Å²) in [5, 5.41) is 4.09. The number of pyridine rings is 1. The highest BCUT2D eigenvalue weighted by atomic mass is 35.5. The fraction of sp³-hybridized carbons (Fsp3) is 0.429. The van der Waals surface area contributed by atoms with Crippen LogP contribution in [0.2, 0.25) is 5.02 Å². The van der Waals surface area contributed by atoms with Crippen LogP contribution in [-0.4, -0.2) is 48.5 Å². The van der Waals surface area contributed by atoms with E-state index in [2.05, 4.69) is 22.1 Å². The molecule has 158 valence electrons. The molecule has 4 rings (SSSR count). The third-order valence-electron chi connectivity index (χ3n) is 5.48. The SMILES string of the molecule is CC1CCN(c2cc(C(=O)N3CCNCC3c3cccc(Cl)c3)ccn2)C1.Cl.Cl. The molecule has 0 bridgehead atoms. The van der Waals surface area contributed by atoms with Crippen LogP contribution in [0.15, 0.2) is 42.6 Å². The molecule has 1 aromatic heterocycles. The lowest BCUT2D eigenvalue weighted by Crippen LogP contribution is -2.48. The average Bonchev–Trinajstić information content (AvgIpc) is 3.14. The van der Waals surface area contributed by atoms with E-state index in [1.165, 1.54) is 6.42 Å². The fourth-order valence-electron chi connectivity index (χ4n) is 3.99. The molecular weight excluding hydrogens is 431 g/mol. The second-order valence-electron chi connectivity index (χ2n) is 7.52. The van der Waals surface area contributed by atoms with E-state index < -0.39 is 0 Å². The van der Waals surface area contributed by atoms with E-state index >= 15 is 0 Å². The zero-order valence-electron chi connectivity index (χ0n) is 16.4. The Balaban J connectivity index is 0.00000150. The van der Waals surface area contributed by atoms with Gasteiger partial charge in [-0.2, -0.15) is 0 Å². The number of carbonyl (C=O) groups excluding carboxylic acids is 1. The molecule has 1 aromatic carbocycles. The highest BCUT2D eigenvalue weighted by Crippen LogP contribution is 2.28. The molecule has 1 N–H and O–H groups in total. The van der Waals surface area contributed by atoms with Crippen molar-refractivity contribution in [3.8, 4) is 0 Å². The van der Waals surface area contributed by atoms with Gasteiger partial charge in [0.25, 0.3) is 5.91 Å². The van der Waals surface area contributed by atoms with Crippen LogP contribution in [0.1, 0.15) is 35.3 Å². The zero-order valence-corrected chi connectivity index (χ0v) is 18.8. The summed E-state index contributed by atoms with van der Waals surface area (Å²) in [6, 6.07) is 11.5. The summed E-state index contributed by atoms with van der Waals surface area (Å²) in [6.07, 6.45) is 2.93. The van der Waals surface area contributed by atoms with Gasteiger partial charge in [-0.25, -0.2) is 4.98 Å². The molecule has 3 heterocycles. The zero-order chi connectivity index (χ0) is 18.8. The Labute approximate surface area is 189 Å². The lowest BCUT2D eigenvalue weighted by molar-refractivity contribution is 0.0634. The second kappa shape index (κ2) is 10.5. The van der Waals surface area contributed by atoms with E-state index in [4.69, 9.17) is 11.6 Å². The van der Waals surface area contributed by atoms with Crippen molar-refractivity contribution in [1.29, 1.82) is 0 Å². The monoisotopic (exact) mass is 456 g/mol. The summed E-state index contributed by atoms with van der Waals surface area (Å²) < 4.78 is 0. The second-order valence-corrected chi connectivity index (χ2v) is 7.95. The van der Waals surface area contributed by atoms with Gasteiger partial charge in [0.05, 0.1) is 6.04 Å². The Morgan fingerprint density at radius 2 is 2.03 bits per heavy atom. The molecule has 0 radical (unpaired) electrons. The summed E-state index contributed by atoms with van der Waals surface area (Å²) in [7, 11) is 0. The van der Waals surface area contributed by atoms with Gasteiger partial charge in [-0.05, 0) is 42.2 Å². The smallest absolute Gasteiger partial charge is 0.254 e. The highest BCUT2D eigenvalue weighted by Gasteiger charge is 2.29. The topological polar surface area (TPSA) is 48.5 Å². The fourth-order valence-corrected chi connectivity index (χ4v) is 4.19. The van der Waals surface area contributed by atoms with Crippen LogP contribution in [-0.2, 0) is 0 Å². The summed E-state index contributed by atoms with van der Waals surface area (Å²) in [5.41, 5.74) is 1.76. The minimum atomic E-state index is -0.0200. The first-order chi connectivity index (χ1) is 13.1. The predicted molar refractivity (Wildman–Crippen MR) is 123 cm³/mol. The van der Waals surface area contributed by atoms with E-state index in [-0.39, 0.29) is 36.8 Å². The summed E-state index contributed by atoms with van der Waals surface area (Å²) in [4.78, 5) is 22.0. The maximum absolute atomic E-state index is 13.3. The molecule has 5 nitrogen and oxygen atoms in total. The number of nitrogens with one attached hydrogen (secondary N) is 1. The van der Waals surface area contributed by atoms with Gasteiger partial charge >= 0.3 is 0 Å². The van der Waals surface area contributed by atoms with Crippen molar-refractivity contribution in [2.24, 2.45) is 5.92 Å². The highest BCUT2D eigenvalue weighted by molar-refractivity contribution is 6.30. The number of aromatic nitrogens is 1. The summed E-state index contributed by atoms with van der Waals surface area (Å²) in [5.74, 6) is 1.63. The van der Waals surface area contributed by atoms with Gasteiger partial charge in [-0.1, -0.05) is 30.7 Å². The van der Waals surface area contributed by atoms with Crippen LogP contribution in [0.3, 0.4) is 0 Å². The van der Waals surface area contributed by atoms with E-state index in [1.54, 1.807) is 6.20 Å². The van der Waals surface area contributed by atoms with Gasteiger partial charge in [-0.15, -0.1) is 24.8 Å². The molecule has 0 saturated carbocycles. The molecule has 8 heteroatoms. The van der Waals surface area contributed by atoms with Crippen LogP contribution in [0.25, 0.3) is 0 Å². The van der Waals surface area contributed by atoms with E-state index in [0.717, 1.165) is 37.6 Å². The Morgan fingerprint density at radius 1 is 1.21 bits per heavy atom. The number of halogens is 3. The molecule has 2 fully saturated rings. The molecule has 29 heavy (non-hydrogen) atoms. The maximum atomic E-state index is 13.3. The quantitative estimate of drug-likeness (QED) is 0.750. The largest absolute Gasteiger partial charge is 0.356 e. The third-order valence-corrected chi connectivity index (χ3v) is 5.71. The Kier molecular flexibility index (Phi) is 8.58. The van der Waals surface area contributed by atoms with Crippen molar-refractivity contribution in [1.82, 2.24) is 15.2 Å². The number of piperazine rings is 1. The van der Waals surface area contributed by atoms with Gasteiger partial charge in [-0.3, -0.25) is 4.79 Å². The van der Waals surface area contributed by atoms with Crippen LogP contribution in [0.4, 0.5) is 5.82 Å².